The van der Waals surface area contributed by atoms with Crippen molar-refractivity contribution in [2.75, 3.05) is 36.0 Å². The number of fused-ring (bicyclic) bond motifs is 1. The third-order valence-corrected chi connectivity index (χ3v) is 5.25. The molecular weight excluding hydrogens is 401 g/mol. The summed E-state index contributed by atoms with van der Waals surface area (Å²) in [4.78, 5) is 42.5. The normalized spacial score (nSPS) is 16.6. The van der Waals surface area contributed by atoms with Gasteiger partial charge in [-0.15, -0.1) is 0 Å². The number of para-hydroxylation sites is 1. The largest absolute Gasteiger partial charge is 0.444 e. The quantitative estimate of drug-likeness (QED) is 0.687. The zero-order valence-electron chi connectivity index (χ0n) is 17.7. The van der Waals surface area contributed by atoms with Crippen molar-refractivity contribution in [3.8, 4) is 0 Å². The second-order valence-electron chi connectivity index (χ2n) is 8.55. The number of amides is 3. The minimum atomic E-state index is -0.599. The van der Waals surface area contributed by atoms with Gasteiger partial charge in [-0.2, -0.15) is 0 Å². The molecule has 31 heavy (non-hydrogen) atoms. The lowest BCUT2D eigenvalue weighted by Gasteiger charge is -2.38. The first-order valence-corrected chi connectivity index (χ1v) is 10.2. The number of carbonyl (C=O) groups is 3. The molecule has 0 aromatic heterocycles. The van der Waals surface area contributed by atoms with Crippen molar-refractivity contribution < 1.29 is 23.5 Å². The Bertz CT molecular complexity index is 1020. The first-order chi connectivity index (χ1) is 14.7. The number of carbonyl (C=O) groups excluding carboxylic acids is 3. The number of halogens is 1. The minimum absolute atomic E-state index is 0.181. The molecule has 2 aliphatic heterocycles. The van der Waals surface area contributed by atoms with Crippen molar-refractivity contribution in [2.45, 2.75) is 26.4 Å². The van der Waals surface area contributed by atoms with Crippen LogP contribution in [-0.4, -0.2) is 54.6 Å². The third-order valence-electron chi connectivity index (χ3n) is 5.25. The topological polar surface area (TPSA) is 70.2 Å². The number of hydrogen-bond acceptors (Lipinski definition) is 5. The molecule has 162 valence electrons. The molecule has 2 heterocycles. The van der Waals surface area contributed by atoms with E-state index < -0.39 is 29.3 Å². The van der Waals surface area contributed by atoms with Gasteiger partial charge in [-0.05, 0) is 45.0 Å². The van der Waals surface area contributed by atoms with Gasteiger partial charge in [-0.1, -0.05) is 18.2 Å². The molecule has 1 fully saturated rings. The van der Waals surface area contributed by atoms with E-state index in [1.165, 1.54) is 12.1 Å². The molecular formula is C23H24FN3O4. The van der Waals surface area contributed by atoms with Crippen LogP contribution < -0.4 is 9.80 Å². The predicted octanol–water partition coefficient (Wildman–Crippen LogP) is 3.68. The molecule has 2 aliphatic rings. The fourth-order valence-corrected chi connectivity index (χ4v) is 3.84. The molecule has 1 saturated heterocycles. The maximum absolute atomic E-state index is 15.0. The van der Waals surface area contributed by atoms with E-state index >= 15 is 0 Å². The Balaban J connectivity index is 1.59. The second kappa shape index (κ2) is 7.68. The fourth-order valence-electron chi connectivity index (χ4n) is 3.84. The van der Waals surface area contributed by atoms with Crippen molar-refractivity contribution in [3.05, 3.63) is 59.4 Å². The Kier molecular flexibility index (Phi) is 5.16. The van der Waals surface area contributed by atoms with Gasteiger partial charge in [0.05, 0.1) is 22.5 Å². The van der Waals surface area contributed by atoms with Crippen LogP contribution in [0.2, 0.25) is 0 Å². The highest BCUT2D eigenvalue weighted by Gasteiger charge is 2.39. The van der Waals surface area contributed by atoms with Gasteiger partial charge in [-0.3, -0.25) is 9.59 Å². The molecule has 8 heteroatoms. The molecule has 2 aromatic rings. The van der Waals surface area contributed by atoms with Crippen molar-refractivity contribution in [1.82, 2.24) is 4.90 Å². The highest BCUT2D eigenvalue weighted by molar-refractivity contribution is 6.35. The van der Waals surface area contributed by atoms with Crippen molar-refractivity contribution in [2.24, 2.45) is 0 Å². The van der Waals surface area contributed by atoms with Crippen LogP contribution in [0.5, 0.6) is 0 Å². The Hall–Kier alpha value is -3.42. The molecule has 0 bridgehead atoms. The number of hydrogen-bond donors (Lipinski definition) is 0. The summed E-state index contributed by atoms with van der Waals surface area (Å²) < 4.78 is 20.4. The molecule has 7 nitrogen and oxygen atoms in total. The van der Waals surface area contributed by atoms with Gasteiger partial charge in [0.15, 0.2) is 0 Å². The smallest absolute Gasteiger partial charge is 0.410 e. The second-order valence-corrected chi connectivity index (χ2v) is 8.55. The van der Waals surface area contributed by atoms with Crippen molar-refractivity contribution in [1.29, 1.82) is 0 Å². The number of benzene rings is 2. The van der Waals surface area contributed by atoms with Crippen LogP contribution in [0, 0.1) is 5.82 Å². The average Bonchev–Trinajstić information content (AvgIpc) is 2.97. The van der Waals surface area contributed by atoms with Gasteiger partial charge in [0.1, 0.15) is 11.4 Å². The summed E-state index contributed by atoms with van der Waals surface area (Å²) in [5, 5.41) is 0. The van der Waals surface area contributed by atoms with Crippen LogP contribution in [0.1, 0.15) is 41.5 Å². The fraction of sp³-hybridized carbons (Fsp3) is 0.348. The monoisotopic (exact) mass is 425 g/mol. The molecule has 0 atom stereocenters. The van der Waals surface area contributed by atoms with Crippen LogP contribution in [-0.2, 0) is 4.74 Å². The van der Waals surface area contributed by atoms with E-state index in [2.05, 4.69) is 0 Å². The van der Waals surface area contributed by atoms with E-state index in [0.717, 1.165) is 4.90 Å². The standard InChI is InChI=1S/C23H24FN3O4/c1-23(2,3)31-22(30)26-13-11-25(12-14-26)19-17(24)9-6-10-18(19)27-20(28)15-7-4-5-8-16(15)21(27)29/h4-10H,11-14H2,1-3H3. The predicted molar refractivity (Wildman–Crippen MR) is 114 cm³/mol. The van der Waals surface area contributed by atoms with Gasteiger partial charge in [-0.25, -0.2) is 14.1 Å². The molecule has 0 radical (unpaired) electrons. The molecule has 0 unspecified atom stereocenters. The number of nitrogens with zero attached hydrogens (tertiary/aromatic N) is 3. The minimum Gasteiger partial charge on any atom is -0.444 e. The Morgan fingerprint density at radius 1 is 0.903 bits per heavy atom. The molecule has 0 saturated carbocycles. The van der Waals surface area contributed by atoms with Gasteiger partial charge in [0.2, 0.25) is 0 Å². The molecule has 0 N–H and O–H groups in total. The van der Waals surface area contributed by atoms with E-state index in [1.807, 2.05) is 0 Å². The van der Waals surface area contributed by atoms with Crippen LogP contribution in [0.15, 0.2) is 42.5 Å². The SMILES string of the molecule is CC(C)(C)OC(=O)N1CCN(c2c(F)cccc2N2C(=O)c3ccccc3C2=O)CC1. The number of piperazine rings is 1. The van der Waals surface area contributed by atoms with E-state index in [4.69, 9.17) is 4.74 Å². The lowest BCUT2D eigenvalue weighted by atomic mass is 10.1. The van der Waals surface area contributed by atoms with Crippen LogP contribution in [0.4, 0.5) is 20.6 Å². The summed E-state index contributed by atoms with van der Waals surface area (Å²) in [6.45, 7) is 6.76. The van der Waals surface area contributed by atoms with E-state index in [0.29, 0.717) is 37.3 Å². The zero-order chi connectivity index (χ0) is 22.3. The third kappa shape index (κ3) is 3.85. The number of imide groups is 1. The maximum Gasteiger partial charge on any atom is 0.410 e. The van der Waals surface area contributed by atoms with Gasteiger partial charge < -0.3 is 14.5 Å². The summed E-state index contributed by atoms with van der Waals surface area (Å²) in [5.74, 6) is -1.47. The summed E-state index contributed by atoms with van der Waals surface area (Å²) in [6, 6.07) is 10.9. The van der Waals surface area contributed by atoms with Crippen LogP contribution in [0.3, 0.4) is 0 Å². The van der Waals surface area contributed by atoms with Crippen LogP contribution >= 0.6 is 0 Å². The number of ether oxygens (including phenoxy) is 1. The summed E-state index contributed by atoms with van der Waals surface area (Å²) in [6.07, 6.45) is -0.416. The van der Waals surface area contributed by atoms with E-state index in [-0.39, 0.29) is 11.4 Å². The molecule has 0 spiro atoms. The van der Waals surface area contributed by atoms with Crippen molar-refractivity contribution >= 4 is 29.3 Å². The lowest BCUT2D eigenvalue weighted by molar-refractivity contribution is 0.0240. The highest BCUT2D eigenvalue weighted by atomic mass is 19.1. The number of rotatable bonds is 2. The van der Waals surface area contributed by atoms with E-state index in [1.54, 1.807) is 60.9 Å². The molecule has 4 rings (SSSR count). The van der Waals surface area contributed by atoms with Gasteiger partial charge in [0.25, 0.3) is 11.8 Å². The molecule has 2 aromatic carbocycles. The van der Waals surface area contributed by atoms with Crippen molar-refractivity contribution in [3.63, 3.8) is 0 Å². The first-order valence-electron chi connectivity index (χ1n) is 10.2. The van der Waals surface area contributed by atoms with Gasteiger partial charge >= 0.3 is 6.09 Å². The Labute approximate surface area is 180 Å². The Morgan fingerprint density at radius 3 is 2.03 bits per heavy atom. The average molecular weight is 425 g/mol. The lowest BCUT2D eigenvalue weighted by Crippen LogP contribution is -2.50. The maximum atomic E-state index is 15.0. The summed E-state index contributed by atoms with van der Waals surface area (Å²) >= 11 is 0. The zero-order valence-corrected chi connectivity index (χ0v) is 17.7. The summed E-state index contributed by atoms with van der Waals surface area (Å²) in [5.41, 5.74) is 0.394. The van der Waals surface area contributed by atoms with E-state index in [9.17, 15) is 18.8 Å². The van der Waals surface area contributed by atoms with Gasteiger partial charge in [0, 0.05) is 26.2 Å². The number of anilines is 2. The first kappa shape index (κ1) is 20.8. The Morgan fingerprint density at radius 2 is 1.48 bits per heavy atom. The highest BCUT2D eigenvalue weighted by Crippen LogP contribution is 2.37. The summed E-state index contributed by atoms with van der Waals surface area (Å²) in [7, 11) is 0. The van der Waals surface area contributed by atoms with Crippen LogP contribution in [0.25, 0.3) is 0 Å². The molecule has 3 amide bonds. The molecule has 0 aliphatic carbocycles.